The first-order chi connectivity index (χ1) is 19.9. The number of aromatic nitrogens is 1. The number of rotatable bonds is 7. The van der Waals surface area contributed by atoms with E-state index >= 15 is 4.39 Å². The van der Waals surface area contributed by atoms with Crippen LogP contribution in [0.2, 0.25) is 5.02 Å². The fourth-order valence-electron chi connectivity index (χ4n) is 5.55. The van der Waals surface area contributed by atoms with Crippen molar-refractivity contribution in [3.8, 4) is 16.9 Å². The first-order valence-corrected chi connectivity index (χ1v) is 14.0. The van der Waals surface area contributed by atoms with Gasteiger partial charge < -0.3 is 19.6 Å². The summed E-state index contributed by atoms with van der Waals surface area (Å²) in [5.41, 5.74) is 1.26. The molecule has 8 nitrogen and oxygen atoms in total. The number of carboxylic acids is 1. The molecule has 1 saturated heterocycles. The minimum atomic E-state index is -1.05. The summed E-state index contributed by atoms with van der Waals surface area (Å²) >= 11 is 6.21. The SMILES string of the molecule is CC1(C)Cc2ncc(Cl)cc2N(C2CCN(C(=O)c3ccc(-c4cc(F)ccc4OCCC(=O)O)cc3F)CC2)C1=O. The number of aliphatic carboxylic acids is 1. The van der Waals surface area contributed by atoms with Crippen LogP contribution in [0, 0.1) is 17.0 Å². The van der Waals surface area contributed by atoms with Crippen molar-refractivity contribution in [1.29, 1.82) is 0 Å². The summed E-state index contributed by atoms with van der Waals surface area (Å²) in [6.45, 7) is 4.29. The zero-order valence-electron chi connectivity index (χ0n) is 23.2. The zero-order chi connectivity index (χ0) is 30.2. The molecule has 220 valence electrons. The molecule has 2 aliphatic heterocycles. The molecule has 3 heterocycles. The molecule has 42 heavy (non-hydrogen) atoms. The summed E-state index contributed by atoms with van der Waals surface area (Å²) in [6.07, 6.45) is 2.83. The second-order valence-electron chi connectivity index (χ2n) is 11.2. The predicted molar refractivity (Wildman–Crippen MR) is 153 cm³/mol. The molecule has 2 amide bonds. The number of fused-ring (bicyclic) bond motifs is 1. The van der Waals surface area contributed by atoms with Crippen molar-refractivity contribution in [3.05, 3.63) is 76.6 Å². The summed E-state index contributed by atoms with van der Waals surface area (Å²) in [6, 6.07) is 9.27. The third-order valence-electron chi connectivity index (χ3n) is 7.72. The lowest BCUT2D eigenvalue weighted by atomic mass is 9.81. The van der Waals surface area contributed by atoms with E-state index < -0.39 is 28.9 Å². The van der Waals surface area contributed by atoms with Crippen molar-refractivity contribution in [1.82, 2.24) is 9.88 Å². The number of amides is 2. The molecule has 11 heteroatoms. The van der Waals surface area contributed by atoms with Gasteiger partial charge in [0.2, 0.25) is 5.91 Å². The van der Waals surface area contributed by atoms with Crippen molar-refractivity contribution in [3.63, 3.8) is 0 Å². The normalized spacial score (nSPS) is 16.7. The standard InChI is InChI=1S/C31H30ClF2N3O5/c1-31(2)16-25-26(14-19(32)17-35-25)37(30(31)41)21-7-10-36(11-8-21)29(40)22-5-3-18(13-24(22)34)23-15-20(33)4-6-27(23)42-12-9-28(38)39/h3-6,13-15,17,21H,7-12,16H2,1-2H3,(H,38,39). The maximum Gasteiger partial charge on any atom is 0.306 e. The molecule has 1 aromatic heterocycles. The number of carboxylic acid groups (broad SMARTS) is 1. The molecule has 0 aliphatic carbocycles. The third-order valence-corrected chi connectivity index (χ3v) is 7.93. The zero-order valence-corrected chi connectivity index (χ0v) is 24.0. The Morgan fingerprint density at radius 3 is 2.55 bits per heavy atom. The molecule has 3 aromatic rings. The van der Waals surface area contributed by atoms with Gasteiger partial charge in [-0.1, -0.05) is 31.5 Å². The van der Waals surface area contributed by atoms with Crippen LogP contribution in [0.15, 0.2) is 48.7 Å². The molecule has 0 spiro atoms. The predicted octanol–water partition coefficient (Wildman–Crippen LogP) is 5.75. The lowest BCUT2D eigenvalue weighted by Crippen LogP contribution is -2.55. The van der Waals surface area contributed by atoms with Gasteiger partial charge in [0.1, 0.15) is 17.4 Å². The molecule has 0 unspecified atom stereocenters. The van der Waals surface area contributed by atoms with Crippen molar-refractivity contribution >= 4 is 35.1 Å². The summed E-state index contributed by atoms with van der Waals surface area (Å²) in [7, 11) is 0. The minimum Gasteiger partial charge on any atom is -0.492 e. The van der Waals surface area contributed by atoms with Crippen LogP contribution in [0.3, 0.4) is 0 Å². The second-order valence-corrected chi connectivity index (χ2v) is 11.6. The van der Waals surface area contributed by atoms with Gasteiger partial charge >= 0.3 is 5.97 Å². The Morgan fingerprint density at radius 2 is 1.86 bits per heavy atom. The van der Waals surface area contributed by atoms with Crippen LogP contribution in [0.4, 0.5) is 14.5 Å². The summed E-state index contributed by atoms with van der Waals surface area (Å²) in [5, 5.41) is 9.30. The molecule has 5 rings (SSSR count). The molecular weight excluding hydrogens is 568 g/mol. The largest absolute Gasteiger partial charge is 0.492 e. The highest BCUT2D eigenvalue weighted by molar-refractivity contribution is 6.30. The number of pyridine rings is 1. The Labute approximate surface area is 246 Å². The van der Waals surface area contributed by atoms with Crippen LogP contribution in [-0.2, 0) is 16.0 Å². The van der Waals surface area contributed by atoms with Gasteiger partial charge in [-0.15, -0.1) is 0 Å². The lowest BCUT2D eigenvalue weighted by Gasteiger charge is -2.45. The molecule has 1 fully saturated rings. The van der Waals surface area contributed by atoms with Crippen LogP contribution in [-0.4, -0.2) is 58.5 Å². The fourth-order valence-corrected chi connectivity index (χ4v) is 5.70. The maximum absolute atomic E-state index is 15.3. The summed E-state index contributed by atoms with van der Waals surface area (Å²) < 4.78 is 34.8. The van der Waals surface area contributed by atoms with Crippen molar-refractivity contribution in [2.24, 2.45) is 5.41 Å². The van der Waals surface area contributed by atoms with Crippen LogP contribution in [0.1, 0.15) is 49.2 Å². The number of piperidine rings is 1. The molecule has 0 radical (unpaired) electrons. The van der Waals surface area contributed by atoms with E-state index in [4.69, 9.17) is 21.4 Å². The van der Waals surface area contributed by atoms with Crippen molar-refractivity contribution in [2.75, 3.05) is 24.6 Å². The molecule has 1 N–H and O–H groups in total. The topological polar surface area (TPSA) is 100 Å². The minimum absolute atomic E-state index is 0.0193. The van der Waals surface area contributed by atoms with E-state index in [1.165, 1.54) is 30.3 Å². The number of benzene rings is 2. The Bertz CT molecular complexity index is 1560. The number of halogens is 3. The van der Waals surface area contributed by atoms with Crippen molar-refractivity contribution < 1.29 is 33.0 Å². The number of hydrogen-bond donors (Lipinski definition) is 1. The van der Waals surface area contributed by atoms with Gasteiger partial charge in [0.25, 0.3) is 5.91 Å². The van der Waals surface area contributed by atoms with Gasteiger partial charge in [-0.2, -0.15) is 0 Å². The van der Waals surface area contributed by atoms with E-state index in [1.807, 2.05) is 13.8 Å². The van der Waals surface area contributed by atoms with Gasteiger partial charge in [0, 0.05) is 42.7 Å². The maximum atomic E-state index is 15.3. The Hall–Kier alpha value is -4.05. The number of likely N-dealkylation sites (tertiary alicyclic amines) is 1. The molecular formula is C31H30ClF2N3O5. The number of nitrogens with zero attached hydrogens (tertiary/aromatic N) is 3. The lowest BCUT2D eigenvalue weighted by molar-refractivity contribution is -0.137. The monoisotopic (exact) mass is 597 g/mol. The van der Waals surface area contributed by atoms with Gasteiger partial charge in [0.15, 0.2) is 0 Å². The smallest absolute Gasteiger partial charge is 0.306 e. The summed E-state index contributed by atoms with van der Waals surface area (Å²) in [4.78, 5) is 45.4. The second kappa shape index (κ2) is 11.7. The molecule has 0 bridgehead atoms. The van der Waals surface area contributed by atoms with E-state index in [0.29, 0.717) is 43.1 Å². The number of carbonyl (C=O) groups excluding carboxylic acids is 2. The first-order valence-electron chi connectivity index (χ1n) is 13.7. The molecule has 0 atom stereocenters. The van der Waals surface area contributed by atoms with E-state index in [0.717, 1.165) is 11.8 Å². The summed E-state index contributed by atoms with van der Waals surface area (Å²) in [5.74, 6) is -2.70. The van der Waals surface area contributed by atoms with E-state index in [9.17, 15) is 18.8 Å². The average molecular weight is 598 g/mol. The average Bonchev–Trinajstić information content (AvgIpc) is 2.94. The van der Waals surface area contributed by atoms with Crippen molar-refractivity contribution in [2.45, 2.75) is 45.6 Å². The van der Waals surface area contributed by atoms with Crippen LogP contribution in [0.5, 0.6) is 5.75 Å². The molecule has 0 saturated carbocycles. The molecule has 2 aliphatic rings. The first kappa shape index (κ1) is 29.4. The molecule has 2 aromatic carbocycles. The number of anilines is 1. The Morgan fingerprint density at radius 1 is 1.12 bits per heavy atom. The van der Waals surface area contributed by atoms with E-state index in [-0.39, 0.29) is 47.4 Å². The third kappa shape index (κ3) is 5.94. The highest BCUT2D eigenvalue weighted by Gasteiger charge is 2.43. The number of ether oxygens (including phenoxy) is 1. The van der Waals surface area contributed by atoms with Gasteiger partial charge in [0.05, 0.1) is 35.0 Å². The highest BCUT2D eigenvalue weighted by Crippen LogP contribution is 2.40. The van der Waals surface area contributed by atoms with Gasteiger partial charge in [-0.05, 0) is 54.8 Å². The number of hydrogen-bond acceptors (Lipinski definition) is 5. The Balaban J connectivity index is 1.31. The van der Waals surface area contributed by atoms with Gasteiger partial charge in [-0.3, -0.25) is 19.4 Å². The van der Waals surface area contributed by atoms with Gasteiger partial charge in [-0.25, -0.2) is 8.78 Å². The highest BCUT2D eigenvalue weighted by atomic mass is 35.5. The van der Waals surface area contributed by atoms with Crippen LogP contribution in [0.25, 0.3) is 11.1 Å². The Kier molecular flexibility index (Phi) is 8.19. The number of carbonyl (C=O) groups is 3. The van der Waals surface area contributed by atoms with Crippen LogP contribution >= 0.6 is 11.6 Å². The van der Waals surface area contributed by atoms with E-state index in [2.05, 4.69) is 4.98 Å². The van der Waals surface area contributed by atoms with E-state index in [1.54, 1.807) is 22.1 Å². The van der Waals surface area contributed by atoms with Crippen LogP contribution < -0.4 is 9.64 Å². The quantitative estimate of drug-likeness (QED) is 0.372. The fraction of sp³-hybridized carbons (Fsp3) is 0.355.